The van der Waals surface area contributed by atoms with Crippen LogP contribution in [-0.2, 0) is 0 Å². The van der Waals surface area contributed by atoms with Gasteiger partial charge in [0.2, 0.25) is 0 Å². The van der Waals surface area contributed by atoms with Crippen LogP contribution in [0.5, 0.6) is 0 Å². The molecule has 0 heterocycles. The van der Waals surface area contributed by atoms with Gasteiger partial charge in [0.15, 0.2) is 5.82 Å². The Bertz CT molecular complexity index is 1020. The molecule has 3 aromatic rings. The lowest BCUT2D eigenvalue weighted by Gasteiger charge is -2.12. The quantitative estimate of drug-likeness (QED) is 0.573. The van der Waals surface area contributed by atoms with Gasteiger partial charge in [0.05, 0.1) is 11.3 Å². The summed E-state index contributed by atoms with van der Waals surface area (Å²) in [7, 11) is 0. The monoisotopic (exact) mass is 394 g/mol. The molecule has 2 amide bonds. The number of thioether (sulfide) groups is 1. The minimum atomic E-state index is -0.775. The summed E-state index contributed by atoms with van der Waals surface area (Å²) >= 11 is 1.60. The summed E-state index contributed by atoms with van der Waals surface area (Å²) in [5.41, 5.74) is 1.71. The molecule has 0 saturated heterocycles. The Kier molecular flexibility index (Phi) is 6.11. The number of anilines is 2. The van der Waals surface area contributed by atoms with Crippen LogP contribution >= 0.6 is 11.8 Å². The number of hydrogen-bond donors (Lipinski definition) is 2. The molecule has 0 radical (unpaired) electrons. The van der Waals surface area contributed by atoms with E-state index in [0.717, 1.165) is 10.5 Å². The van der Waals surface area contributed by atoms with Gasteiger partial charge in [-0.2, -0.15) is 0 Å². The average molecular weight is 394 g/mol. The maximum atomic E-state index is 14.8. The van der Waals surface area contributed by atoms with Gasteiger partial charge in [0.25, 0.3) is 11.8 Å². The fraction of sp³-hybridized carbons (Fsp3) is 0.0909. The Morgan fingerprint density at radius 3 is 2.25 bits per heavy atom. The lowest BCUT2D eigenvalue weighted by molar-refractivity contribution is 0.101. The van der Waals surface area contributed by atoms with Crippen molar-refractivity contribution in [2.45, 2.75) is 11.8 Å². The second-order valence-electron chi connectivity index (χ2n) is 6.12. The van der Waals surface area contributed by atoms with Gasteiger partial charge in [-0.3, -0.25) is 9.59 Å². The molecule has 0 aliphatic rings. The predicted molar refractivity (Wildman–Crippen MR) is 112 cm³/mol. The maximum absolute atomic E-state index is 14.8. The lowest BCUT2D eigenvalue weighted by atomic mass is 10.1. The van der Waals surface area contributed by atoms with Gasteiger partial charge >= 0.3 is 0 Å². The SMILES string of the molecule is CSc1ccc(NC(=O)c2cccc(NC(=O)c3ccccc3)c2F)c(C)c1. The van der Waals surface area contributed by atoms with Crippen molar-refractivity contribution in [2.75, 3.05) is 16.9 Å². The van der Waals surface area contributed by atoms with Crippen LogP contribution in [0.15, 0.2) is 71.6 Å². The van der Waals surface area contributed by atoms with Gasteiger partial charge in [-0.1, -0.05) is 24.3 Å². The second-order valence-corrected chi connectivity index (χ2v) is 7.00. The highest BCUT2D eigenvalue weighted by Gasteiger charge is 2.17. The molecule has 4 nitrogen and oxygen atoms in total. The summed E-state index contributed by atoms with van der Waals surface area (Å²) in [6.45, 7) is 1.88. The first-order valence-electron chi connectivity index (χ1n) is 8.60. The van der Waals surface area contributed by atoms with Gasteiger partial charge in [-0.25, -0.2) is 4.39 Å². The summed E-state index contributed by atoms with van der Waals surface area (Å²) in [4.78, 5) is 25.9. The first-order chi connectivity index (χ1) is 13.5. The molecule has 0 unspecified atom stereocenters. The molecule has 0 aliphatic heterocycles. The highest BCUT2D eigenvalue weighted by atomic mass is 32.2. The molecule has 3 rings (SSSR count). The van der Waals surface area contributed by atoms with E-state index >= 15 is 0 Å². The molecule has 6 heteroatoms. The Morgan fingerprint density at radius 2 is 1.57 bits per heavy atom. The van der Waals surface area contributed by atoms with Gasteiger partial charge in [-0.15, -0.1) is 11.8 Å². The Labute approximate surface area is 167 Å². The van der Waals surface area contributed by atoms with Crippen molar-refractivity contribution >= 4 is 35.0 Å². The number of benzene rings is 3. The second kappa shape index (κ2) is 8.71. The van der Waals surface area contributed by atoms with Gasteiger partial charge in [0.1, 0.15) is 0 Å². The topological polar surface area (TPSA) is 58.2 Å². The Balaban J connectivity index is 1.80. The number of rotatable bonds is 5. The summed E-state index contributed by atoms with van der Waals surface area (Å²) in [6, 6.07) is 18.5. The van der Waals surface area contributed by atoms with Gasteiger partial charge in [0, 0.05) is 16.1 Å². The Morgan fingerprint density at radius 1 is 0.857 bits per heavy atom. The first-order valence-corrected chi connectivity index (χ1v) is 9.83. The maximum Gasteiger partial charge on any atom is 0.258 e. The highest BCUT2D eigenvalue weighted by molar-refractivity contribution is 7.98. The zero-order valence-corrected chi connectivity index (χ0v) is 16.3. The third kappa shape index (κ3) is 4.40. The largest absolute Gasteiger partial charge is 0.322 e. The van der Waals surface area contributed by atoms with Crippen LogP contribution in [0.25, 0.3) is 0 Å². The van der Waals surface area contributed by atoms with Crippen molar-refractivity contribution in [1.29, 1.82) is 0 Å². The van der Waals surface area contributed by atoms with E-state index in [1.54, 1.807) is 48.2 Å². The van der Waals surface area contributed by atoms with E-state index in [1.807, 2.05) is 25.3 Å². The molecule has 0 bridgehead atoms. The van der Waals surface area contributed by atoms with Crippen molar-refractivity contribution in [3.8, 4) is 0 Å². The van der Waals surface area contributed by atoms with Crippen LogP contribution in [0, 0.1) is 12.7 Å². The van der Waals surface area contributed by atoms with Crippen molar-refractivity contribution in [1.82, 2.24) is 0 Å². The van der Waals surface area contributed by atoms with Crippen molar-refractivity contribution < 1.29 is 14.0 Å². The number of amides is 2. The smallest absolute Gasteiger partial charge is 0.258 e. The van der Waals surface area contributed by atoms with Crippen LogP contribution in [-0.4, -0.2) is 18.1 Å². The standard InChI is InChI=1S/C22H19FN2O2S/c1-14-13-16(28-2)11-12-18(14)24-22(27)17-9-6-10-19(20(17)23)25-21(26)15-7-4-3-5-8-15/h3-13H,1-2H3,(H,24,27)(H,25,26). The normalized spacial score (nSPS) is 10.4. The van der Waals surface area contributed by atoms with E-state index in [9.17, 15) is 14.0 Å². The molecule has 2 N–H and O–H groups in total. The average Bonchev–Trinajstić information content (AvgIpc) is 2.71. The van der Waals surface area contributed by atoms with Crippen LogP contribution in [0.1, 0.15) is 26.3 Å². The number of carbonyl (C=O) groups excluding carboxylic acids is 2. The molecule has 0 aliphatic carbocycles. The van der Waals surface area contributed by atoms with E-state index in [2.05, 4.69) is 10.6 Å². The summed E-state index contributed by atoms with van der Waals surface area (Å²) in [5.74, 6) is -1.79. The molecule has 3 aromatic carbocycles. The fourth-order valence-electron chi connectivity index (χ4n) is 2.68. The third-order valence-corrected chi connectivity index (χ3v) is 4.93. The van der Waals surface area contributed by atoms with Gasteiger partial charge < -0.3 is 10.6 Å². The molecule has 0 atom stereocenters. The number of nitrogens with one attached hydrogen (secondary N) is 2. The molecular formula is C22H19FN2O2S. The van der Waals surface area contributed by atoms with Crippen LogP contribution in [0.4, 0.5) is 15.8 Å². The summed E-state index contributed by atoms with van der Waals surface area (Å²) in [6.07, 6.45) is 1.97. The molecule has 0 aromatic heterocycles. The van der Waals surface area contributed by atoms with E-state index in [4.69, 9.17) is 0 Å². The van der Waals surface area contributed by atoms with Crippen LogP contribution < -0.4 is 10.6 Å². The molecule has 142 valence electrons. The molecular weight excluding hydrogens is 375 g/mol. The van der Waals surface area contributed by atoms with E-state index < -0.39 is 17.6 Å². The zero-order chi connectivity index (χ0) is 20.1. The highest BCUT2D eigenvalue weighted by Crippen LogP contribution is 2.24. The minimum Gasteiger partial charge on any atom is -0.322 e. The molecule has 28 heavy (non-hydrogen) atoms. The number of halogens is 1. The van der Waals surface area contributed by atoms with E-state index in [-0.39, 0.29) is 11.3 Å². The van der Waals surface area contributed by atoms with Crippen molar-refractivity contribution in [3.05, 3.63) is 89.2 Å². The number of aryl methyl sites for hydroxylation is 1. The van der Waals surface area contributed by atoms with Crippen molar-refractivity contribution in [2.24, 2.45) is 0 Å². The van der Waals surface area contributed by atoms with Crippen LogP contribution in [0.3, 0.4) is 0 Å². The molecule has 0 fully saturated rings. The first kappa shape index (κ1) is 19.6. The minimum absolute atomic E-state index is 0.0454. The predicted octanol–water partition coefficient (Wildman–Crippen LogP) is 5.36. The van der Waals surface area contributed by atoms with Gasteiger partial charge in [-0.05, 0) is 61.2 Å². The number of carbonyl (C=O) groups is 2. The van der Waals surface area contributed by atoms with Crippen molar-refractivity contribution in [3.63, 3.8) is 0 Å². The lowest BCUT2D eigenvalue weighted by Crippen LogP contribution is -2.17. The summed E-state index contributed by atoms with van der Waals surface area (Å²) < 4.78 is 14.8. The Hall–Kier alpha value is -3.12. The summed E-state index contributed by atoms with van der Waals surface area (Å²) in [5, 5.41) is 5.25. The van der Waals surface area contributed by atoms with E-state index in [1.165, 1.54) is 18.2 Å². The van der Waals surface area contributed by atoms with E-state index in [0.29, 0.717) is 11.3 Å². The number of hydrogen-bond acceptors (Lipinski definition) is 3. The fourth-order valence-corrected chi connectivity index (χ4v) is 3.18. The van der Waals surface area contributed by atoms with Crippen LogP contribution in [0.2, 0.25) is 0 Å². The molecule has 0 saturated carbocycles. The molecule has 0 spiro atoms. The third-order valence-electron chi connectivity index (χ3n) is 4.21. The zero-order valence-electron chi connectivity index (χ0n) is 15.5.